The fraction of sp³-hybridized carbons (Fsp3) is 0.706. The minimum atomic E-state index is -1.49. The van der Waals surface area contributed by atoms with Crippen LogP contribution in [0.4, 0.5) is 10.6 Å². The number of aromatic nitrogens is 2. The van der Waals surface area contributed by atoms with Crippen LogP contribution in [0, 0.1) is 0 Å². The first-order valence-electron chi connectivity index (χ1n) is 8.95. The molecule has 2 heterocycles. The zero-order valence-corrected chi connectivity index (χ0v) is 15.5. The summed E-state index contributed by atoms with van der Waals surface area (Å²) in [4.78, 5) is 25.7. The number of carboxylic acid groups (broad SMARTS) is 1. The van der Waals surface area contributed by atoms with E-state index in [1.54, 1.807) is 6.07 Å². The number of rotatable bonds is 8. The molecule has 1 aromatic rings. The molecule has 0 saturated carbocycles. The maximum absolute atomic E-state index is 12.2. The highest BCUT2D eigenvalue weighted by molar-refractivity contribution is 5.93. The minimum absolute atomic E-state index is 0.117. The van der Waals surface area contributed by atoms with E-state index in [2.05, 4.69) is 46.5 Å². The van der Waals surface area contributed by atoms with Crippen molar-refractivity contribution in [1.82, 2.24) is 20.4 Å². The molecule has 9 heteroatoms. The Morgan fingerprint density at radius 2 is 2.15 bits per heavy atom. The number of likely N-dealkylation sites (tertiary alicyclic amines) is 1. The van der Waals surface area contributed by atoms with E-state index in [1.807, 2.05) is 0 Å². The summed E-state index contributed by atoms with van der Waals surface area (Å²) in [5.41, 5.74) is 0.117. The Labute approximate surface area is 153 Å². The molecule has 1 aliphatic heterocycles. The van der Waals surface area contributed by atoms with Gasteiger partial charge in [-0.3, -0.25) is 14.8 Å². The number of hydrogen-bond donors (Lipinski definition) is 5. The van der Waals surface area contributed by atoms with Crippen molar-refractivity contribution in [3.05, 3.63) is 12.3 Å². The maximum atomic E-state index is 12.2. The van der Waals surface area contributed by atoms with Crippen LogP contribution < -0.4 is 10.6 Å². The molecule has 3 atom stereocenters. The molecular formula is C17H29N5O4. The first-order chi connectivity index (χ1) is 12.2. The Bertz CT molecular complexity index is 604. The van der Waals surface area contributed by atoms with Gasteiger partial charge in [-0.15, -0.1) is 0 Å². The van der Waals surface area contributed by atoms with Crippen molar-refractivity contribution in [1.29, 1.82) is 0 Å². The van der Waals surface area contributed by atoms with Crippen molar-refractivity contribution < 1.29 is 19.8 Å². The Morgan fingerprint density at radius 3 is 2.69 bits per heavy atom. The average Bonchev–Trinajstić information content (AvgIpc) is 3.18. The van der Waals surface area contributed by atoms with Crippen LogP contribution in [0.5, 0.6) is 0 Å². The second-order valence-electron chi connectivity index (χ2n) is 7.50. The molecule has 2 rings (SSSR count). The summed E-state index contributed by atoms with van der Waals surface area (Å²) in [6.07, 6.45) is 2.01. The van der Waals surface area contributed by atoms with E-state index in [-0.39, 0.29) is 11.6 Å². The van der Waals surface area contributed by atoms with Crippen LogP contribution in [0.2, 0.25) is 0 Å². The largest absolute Gasteiger partial charge is 0.465 e. The van der Waals surface area contributed by atoms with Crippen molar-refractivity contribution in [2.75, 3.05) is 11.9 Å². The Hall–Kier alpha value is -2.13. The second kappa shape index (κ2) is 8.50. The summed E-state index contributed by atoms with van der Waals surface area (Å²) < 4.78 is 0. The van der Waals surface area contributed by atoms with Crippen molar-refractivity contribution >= 4 is 17.8 Å². The lowest BCUT2D eigenvalue weighted by atomic mass is 9.97. The molecule has 26 heavy (non-hydrogen) atoms. The quantitative estimate of drug-likeness (QED) is 0.472. The number of aliphatic hydroxyl groups excluding tert-OH is 1. The molecule has 1 aromatic heterocycles. The number of aliphatic hydroxyl groups is 1. The SMILES string of the molecule is CC(CC[C@H](NC(=O)O)C(O)C(=O)Nc1ccn[nH]1)N1CCCC1(C)C. The summed E-state index contributed by atoms with van der Waals surface area (Å²) in [6.45, 7) is 7.52. The molecule has 2 amide bonds. The van der Waals surface area contributed by atoms with Gasteiger partial charge >= 0.3 is 6.09 Å². The van der Waals surface area contributed by atoms with Gasteiger partial charge in [0.1, 0.15) is 5.82 Å². The molecule has 0 radical (unpaired) electrons. The number of carbonyl (C=O) groups excluding carboxylic acids is 1. The monoisotopic (exact) mass is 367 g/mol. The second-order valence-corrected chi connectivity index (χ2v) is 7.50. The fourth-order valence-electron chi connectivity index (χ4n) is 3.70. The van der Waals surface area contributed by atoms with Crippen LogP contribution >= 0.6 is 0 Å². The molecule has 0 bridgehead atoms. The molecule has 1 fully saturated rings. The third-order valence-corrected chi connectivity index (χ3v) is 5.11. The van der Waals surface area contributed by atoms with Gasteiger partial charge in [0, 0.05) is 17.6 Å². The summed E-state index contributed by atoms with van der Waals surface area (Å²) in [7, 11) is 0. The molecule has 1 aliphatic rings. The predicted octanol–water partition coefficient (Wildman–Crippen LogP) is 1.39. The van der Waals surface area contributed by atoms with Gasteiger partial charge in [0.2, 0.25) is 0 Å². The summed E-state index contributed by atoms with van der Waals surface area (Å²) in [6, 6.07) is 0.888. The highest BCUT2D eigenvalue weighted by Crippen LogP contribution is 2.31. The number of amides is 2. The van der Waals surface area contributed by atoms with Crippen LogP contribution in [0.1, 0.15) is 46.5 Å². The van der Waals surface area contributed by atoms with Gasteiger partial charge in [0.15, 0.2) is 6.10 Å². The van der Waals surface area contributed by atoms with Gasteiger partial charge in [-0.25, -0.2) is 4.79 Å². The van der Waals surface area contributed by atoms with Gasteiger partial charge in [0.25, 0.3) is 5.91 Å². The third-order valence-electron chi connectivity index (χ3n) is 5.11. The van der Waals surface area contributed by atoms with Crippen molar-refractivity contribution in [2.45, 2.75) is 70.2 Å². The van der Waals surface area contributed by atoms with Gasteiger partial charge in [-0.1, -0.05) is 0 Å². The van der Waals surface area contributed by atoms with Crippen molar-refractivity contribution in [3.8, 4) is 0 Å². The Balaban J connectivity index is 1.95. The van der Waals surface area contributed by atoms with E-state index >= 15 is 0 Å². The Kier molecular flexibility index (Phi) is 6.60. The number of carbonyl (C=O) groups is 2. The van der Waals surface area contributed by atoms with E-state index in [4.69, 9.17) is 5.11 Å². The van der Waals surface area contributed by atoms with Gasteiger partial charge in [-0.2, -0.15) is 5.10 Å². The van der Waals surface area contributed by atoms with Crippen LogP contribution in [0.3, 0.4) is 0 Å². The maximum Gasteiger partial charge on any atom is 0.404 e. The van der Waals surface area contributed by atoms with Crippen molar-refractivity contribution in [3.63, 3.8) is 0 Å². The summed E-state index contributed by atoms with van der Waals surface area (Å²) in [5, 5.41) is 30.4. The average molecular weight is 367 g/mol. The molecule has 0 aliphatic carbocycles. The van der Waals surface area contributed by atoms with Gasteiger partial charge < -0.3 is 20.8 Å². The number of anilines is 1. The molecular weight excluding hydrogens is 338 g/mol. The van der Waals surface area contributed by atoms with Crippen LogP contribution in [-0.4, -0.2) is 67.6 Å². The first-order valence-corrected chi connectivity index (χ1v) is 8.95. The normalized spacial score (nSPS) is 20.3. The number of H-pyrrole nitrogens is 1. The molecule has 0 spiro atoms. The van der Waals surface area contributed by atoms with Gasteiger partial charge in [-0.05, 0) is 53.0 Å². The summed E-state index contributed by atoms with van der Waals surface area (Å²) in [5.74, 6) is -0.336. The number of aromatic amines is 1. The topological polar surface area (TPSA) is 131 Å². The van der Waals surface area contributed by atoms with E-state index in [0.717, 1.165) is 19.4 Å². The fourth-order valence-corrected chi connectivity index (χ4v) is 3.70. The lowest BCUT2D eigenvalue weighted by molar-refractivity contribution is -0.125. The summed E-state index contributed by atoms with van der Waals surface area (Å²) >= 11 is 0. The number of hydrogen-bond acceptors (Lipinski definition) is 5. The smallest absolute Gasteiger partial charge is 0.404 e. The van der Waals surface area contributed by atoms with E-state index in [0.29, 0.717) is 18.7 Å². The van der Waals surface area contributed by atoms with E-state index in [9.17, 15) is 14.7 Å². The van der Waals surface area contributed by atoms with Crippen molar-refractivity contribution in [2.24, 2.45) is 0 Å². The van der Waals surface area contributed by atoms with E-state index in [1.165, 1.54) is 6.20 Å². The van der Waals surface area contributed by atoms with Crippen LogP contribution in [0.15, 0.2) is 12.3 Å². The first kappa shape index (κ1) is 20.2. The lowest BCUT2D eigenvalue weighted by Gasteiger charge is -2.37. The standard InChI is InChI=1S/C17H29N5O4/c1-11(22-10-4-8-17(22,2)3)5-6-12(19-16(25)26)14(23)15(24)20-13-7-9-18-21-13/h7,9,11-12,14,19,23H,4-6,8,10H2,1-3H3,(H,25,26)(H2,18,20,21,24)/t11?,12-,14?/m0/s1. The zero-order valence-electron chi connectivity index (χ0n) is 15.5. The van der Waals surface area contributed by atoms with E-state index < -0.39 is 24.1 Å². The molecule has 1 saturated heterocycles. The molecule has 5 N–H and O–H groups in total. The zero-order chi connectivity index (χ0) is 19.3. The number of nitrogens with zero attached hydrogens (tertiary/aromatic N) is 2. The highest BCUT2D eigenvalue weighted by atomic mass is 16.4. The molecule has 2 unspecified atom stereocenters. The Morgan fingerprint density at radius 1 is 1.42 bits per heavy atom. The third kappa shape index (κ3) is 5.18. The molecule has 9 nitrogen and oxygen atoms in total. The highest BCUT2D eigenvalue weighted by Gasteiger charge is 2.36. The minimum Gasteiger partial charge on any atom is -0.465 e. The molecule has 0 aromatic carbocycles. The number of nitrogens with one attached hydrogen (secondary N) is 3. The van der Waals surface area contributed by atoms with Crippen LogP contribution in [-0.2, 0) is 4.79 Å². The predicted molar refractivity (Wildman–Crippen MR) is 96.9 cm³/mol. The van der Waals surface area contributed by atoms with Gasteiger partial charge in [0.05, 0.1) is 12.2 Å². The lowest BCUT2D eigenvalue weighted by Crippen LogP contribution is -2.50. The molecule has 146 valence electrons. The van der Waals surface area contributed by atoms with Crippen LogP contribution in [0.25, 0.3) is 0 Å².